The van der Waals surface area contributed by atoms with Crippen molar-refractivity contribution in [3.63, 3.8) is 0 Å². The molecular formula is C21H21FN4O. The van der Waals surface area contributed by atoms with Gasteiger partial charge in [0.25, 0.3) is 0 Å². The molecule has 0 aliphatic carbocycles. The topological polar surface area (TPSA) is 80.0 Å². The van der Waals surface area contributed by atoms with E-state index in [2.05, 4.69) is 15.6 Å². The van der Waals surface area contributed by atoms with Crippen LogP contribution in [0.1, 0.15) is 12.0 Å². The Balaban J connectivity index is 1.85. The van der Waals surface area contributed by atoms with E-state index < -0.39 is 0 Å². The largest absolute Gasteiger partial charge is 0.384 e. The van der Waals surface area contributed by atoms with E-state index in [9.17, 15) is 9.18 Å². The van der Waals surface area contributed by atoms with Crippen molar-refractivity contribution in [2.24, 2.45) is 5.92 Å². The van der Waals surface area contributed by atoms with E-state index in [0.29, 0.717) is 29.2 Å². The number of nitrogens with two attached hydrogens (primary N) is 1. The van der Waals surface area contributed by atoms with Crippen LogP contribution in [0.2, 0.25) is 0 Å². The number of fused-ring (bicyclic) bond motifs is 1. The Labute approximate surface area is 156 Å². The van der Waals surface area contributed by atoms with Crippen LogP contribution in [0.4, 0.5) is 15.9 Å². The maximum Gasteiger partial charge on any atom is 0.228 e. The van der Waals surface area contributed by atoms with Crippen molar-refractivity contribution >= 4 is 28.2 Å². The molecule has 1 fully saturated rings. The molecule has 1 unspecified atom stereocenters. The van der Waals surface area contributed by atoms with Crippen LogP contribution in [0.25, 0.3) is 21.9 Å². The quantitative estimate of drug-likeness (QED) is 0.665. The summed E-state index contributed by atoms with van der Waals surface area (Å²) in [6.45, 7) is 3.37. The molecule has 1 aromatic heterocycles. The maximum absolute atomic E-state index is 14.5. The number of halogens is 1. The third-order valence-electron chi connectivity index (χ3n) is 5.06. The van der Waals surface area contributed by atoms with E-state index in [1.165, 1.54) is 6.07 Å². The van der Waals surface area contributed by atoms with E-state index >= 15 is 0 Å². The number of hydrogen-bond donors (Lipinski definition) is 3. The number of nitrogens with one attached hydrogen (secondary N) is 2. The molecular weight excluding hydrogens is 343 g/mol. The van der Waals surface area contributed by atoms with Gasteiger partial charge in [-0.2, -0.15) is 0 Å². The van der Waals surface area contributed by atoms with Crippen LogP contribution >= 0.6 is 0 Å². The first-order chi connectivity index (χ1) is 13.0. The molecule has 1 saturated heterocycles. The molecule has 4 N–H and O–H groups in total. The lowest BCUT2D eigenvalue weighted by Crippen LogP contribution is -2.24. The van der Waals surface area contributed by atoms with Gasteiger partial charge >= 0.3 is 0 Å². The van der Waals surface area contributed by atoms with Gasteiger partial charge in [-0.25, -0.2) is 9.37 Å². The molecule has 0 radical (unpaired) electrons. The number of nitrogens with zero attached hydrogens (tertiary/aromatic N) is 1. The zero-order valence-corrected chi connectivity index (χ0v) is 15.1. The Morgan fingerprint density at radius 2 is 2.19 bits per heavy atom. The Bertz CT molecular complexity index is 1010. The van der Waals surface area contributed by atoms with E-state index in [1.807, 2.05) is 25.1 Å². The molecule has 2 heterocycles. The minimum absolute atomic E-state index is 0.0425. The lowest BCUT2D eigenvalue weighted by Gasteiger charge is -2.16. The molecule has 0 bridgehead atoms. The fourth-order valence-corrected chi connectivity index (χ4v) is 3.63. The van der Waals surface area contributed by atoms with Crippen LogP contribution in [0.5, 0.6) is 0 Å². The fourth-order valence-electron chi connectivity index (χ4n) is 3.63. The van der Waals surface area contributed by atoms with Gasteiger partial charge in [0.05, 0.1) is 5.92 Å². The Kier molecular flexibility index (Phi) is 4.49. The second kappa shape index (κ2) is 6.96. The number of carbonyl (C=O) groups excluding carboxylic acids is 1. The third-order valence-corrected chi connectivity index (χ3v) is 5.06. The Morgan fingerprint density at radius 3 is 2.93 bits per heavy atom. The van der Waals surface area contributed by atoms with Crippen molar-refractivity contribution in [3.8, 4) is 11.1 Å². The Morgan fingerprint density at radius 1 is 1.33 bits per heavy atom. The molecule has 6 heteroatoms. The van der Waals surface area contributed by atoms with Crippen LogP contribution in [-0.2, 0) is 4.79 Å². The third kappa shape index (κ3) is 3.36. The number of rotatable bonds is 3. The SMILES string of the molecule is Cc1cccc(F)c1-c1cc(NC(=O)C2CCNC2)c2cc(N)ncc2c1. The highest BCUT2D eigenvalue weighted by Gasteiger charge is 2.23. The summed E-state index contributed by atoms with van der Waals surface area (Å²) in [6, 6.07) is 10.4. The first-order valence-corrected chi connectivity index (χ1v) is 8.99. The highest BCUT2D eigenvalue weighted by atomic mass is 19.1. The molecule has 3 aromatic rings. The Hall–Kier alpha value is -2.99. The molecule has 1 aliphatic rings. The molecule has 0 saturated carbocycles. The van der Waals surface area contributed by atoms with Crippen LogP contribution < -0.4 is 16.4 Å². The highest BCUT2D eigenvalue weighted by Crippen LogP contribution is 2.34. The minimum atomic E-state index is -0.296. The summed E-state index contributed by atoms with van der Waals surface area (Å²) in [5.41, 5.74) is 8.52. The molecule has 138 valence electrons. The van der Waals surface area contributed by atoms with Crippen molar-refractivity contribution in [1.29, 1.82) is 0 Å². The van der Waals surface area contributed by atoms with Gasteiger partial charge in [0.2, 0.25) is 5.91 Å². The van der Waals surface area contributed by atoms with Gasteiger partial charge in [-0.15, -0.1) is 0 Å². The van der Waals surface area contributed by atoms with Crippen LogP contribution in [0, 0.1) is 18.7 Å². The molecule has 27 heavy (non-hydrogen) atoms. The number of aryl methyl sites for hydroxylation is 1. The van der Waals surface area contributed by atoms with Crippen LogP contribution in [-0.4, -0.2) is 24.0 Å². The normalized spacial score (nSPS) is 16.6. The summed E-state index contributed by atoms with van der Waals surface area (Å²) in [7, 11) is 0. The monoisotopic (exact) mass is 364 g/mol. The number of benzene rings is 2. The minimum Gasteiger partial charge on any atom is -0.384 e. The molecule has 5 nitrogen and oxygen atoms in total. The van der Waals surface area contributed by atoms with Gasteiger partial charge < -0.3 is 16.4 Å². The summed E-state index contributed by atoms with van der Waals surface area (Å²) in [4.78, 5) is 16.8. The van der Waals surface area contributed by atoms with Gasteiger partial charge in [0.15, 0.2) is 0 Å². The summed E-state index contributed by atoms with van der Waals surface area (Å²) < 4.78 is 14.5. The van der Waals surface area contributed by atoms with Crippen molar-refractivity contribution < 1.29 is 9.18 Å². The summed E-state index contributed by atoms with van der Waals surface area (Å²) >= 11 is 0. The number of anilines is 2. The van der Waals surface area contributed by atoms with E-state index in [0.717, 1.165) is 29.3 Å². The zero-order chi connectivity index (χ0) is 19.0. The number of hydrogen-bond acceptors (Lipinski definition) is 4. The van der Waals surface area contributed by atoms with Crippen molar-refractivity contribution in [2.75, 3.05) is 24.1 Å². The van der Waals surface area contributed by atoms with Gasteiger partial charge in [0.1, 0.15) is 11.6 Å². The number of amides is 1. The summed E-state index contributed by atoms with van der Waals surface area (Å²) in [6.07, 6.45) is 2.46. The molecule has 1 atom stereocenters. The molecule has 4 rings (SSSR count). The average Bonchev–Trinajstić information content (AvgIpc) is 3.17. The van der Waals surface area contributed by atoms with Gasteiger partial charge in [-0.05, 0) is 55.3 Å². The van der Waals surface area contributed by atoms with E-state index in [-0.39, 0.29) is 17.6 Å². The van der Waals surface area contributed by atoms with Crippen molar-refractivity contribution in [1.82, 2.24) is 10.3 Å². The van der Waals surface area contributed by atoms with Gasteiger partial charge in [0, 0.05) is 34.8 Å². The molecule has 1 amide bonds. The average molecular weight is 364 g/mol. The standard InChI is InChI=1S/C21H21FN4O/c1-12-3-2-4-17(22)20(12)14-7-15-11-25-19(23)9-16(15)18(8-14)26-21(27)13-5-6-24-10-13/h2-4,7-9,11,13,24H,5-6,10H2,1H3,(H2,23,25)(H,26,27). The number of pyridine rings is 1. The molecule has 1 aliphatic heterocycles. The first-order valence-electron chi connectivity index (χ1n) is 8.99. The molecule has 2 aromatic carbocycles. The van der Waals surface area contributed by atoms with Gasteiger partial charge in [-0.3, -0.25) is 4.79 Å². The predicted octanol–water partition coefficient (Wildman–Crippen LogP) is 3.48. The smallest absolute Gasteiger partial charge is 0.228 e. The second-order valence-corrected chi connectivity index (χ2v) is 6.96. The summed E-state index contributed by atoms with van der Waals surface area (Å²) in [5, 5.41) is 7.80. The van der Waals surface area contributed by atoms with Crippen molar-refractivity contribution in [3.05, 3.63) is 54.0 Å². The number of aromatic nitrogens is 1. The van der Waals surface area contributed by atoms with Crippen LogP contribution in [0.3, 0.4) is 0 Å². The number of nitrogen functional groups attached to an aromatic ring is 1. The van der Waals surface area contributed by atoms with Crippen molar-refractivity contribution in [2.45, 2.75) is 13.3 Å². The van der Waals surface area contributed by atoms with Gasteiger partial charge in [-0.1, -0.05) is 12.1 Å². The predicted molar refractivity (Wildman–Crippen MR) is 106 cm³/mol. The lowest BCUT2D eigenvalue weighted by atomic mass is 9.96. The summed E-state index contributed by atoms with van der Waals surface area (Å²) in [5.74, 6) is -0.0393. The second-order valence-electron chi connectivity index (χ2n) is 6.96. The van der Waals surface area contributed by atoms with E-state index in [4.69, 9.17) is 5.73 Å². The molecule has 0 spiro atoms. The fraction of sp³-hybridized carbons (Fsp3) is 0.238. The lowest BCUT2D eigenvalue weighted by molar-refractivity contribution is -0.119. The first kappa shape index (κ1) is 17.4. The van der Waals surface area contributed by atoms with Crippen LogP contribution in [0.15, 0.2) is 42.6 Å². The van der Waals surface area contributed by atoms with E-state index in [1.54, 1.807) is 18.3 Å². The maximum atomic E-state index is 14.5. The number of carbonyl (C=O) groups is 1. The zero-order valence-electron chi connectivity index (χ0n) is 15.1. The highest BCUT2D eigenvalue weighted by molar-refractivity contribution is 6.05.